The molecule has 0 fully saturated rings. The fraction of sp³-hybridized carbons (Fsp3) is 0.125. The molecule has 1 unspecified atom stereocenters. The summed E-state index contributed by atoms with van der Waals surface area (Å²) >= 11 is 3.39. The lowest BCUT2D eigenvalue weighted by Crippen LogP contribution is -2.30. The molecule has 1 aliphatic rings. The number of rotatable bonds is 3. The maximum atomic E-state index is 12.4. The minimum absolute atomic E-state index is 0.112. The molecule has 0 saturated heterocycles. The number of aromatic amines is 1. The highest BCUT2D eigenvalue weighted by molar-refractivity contribution is 9.10. The van der Waals surface area contributed by atoms with Crippen LogP contribution in [0.15, 0.2) is 77.3 Å². The zero-order valence-corrected chi connectivity index (χ0v) is 17.3. The van der Waals surface area contributed by atoms with E-state index < -0.39 is 0 Å². The van der Waals surface area contributed by atoms with Crippen molar-refractivity contribution in [3.05, 3.63) is 99.7 Å². The number of para-hydroxylation sites is 1. The minimum Gasteiger partial charge on any atom is -0.357 e. The molecular formula is C24H20BrN3O. The van der Waals surface area contributed by atoms with E-state index in [2.05, 4.69) is 67.9 Å². The largest absolute Gasteiger partial charge is 0.357 e. The molecular weight excluding hydrogens is 426 g/mol. The number of H-pyrrole nitrogens is 1. The summed E-state index contributed by atoms with van der Waals surface area (Å²) in [6.07, 6.45) is 1.02. The maximum Gasteiger partial charge on any atom is 0.255 e. The second-order valence-electron chi connectivity index (χ2n) is 7.28. The Morgan fingerprint density at radius 1 is 0.966 bits per heavy atom. The van der Waals surface area contributed by atoms with Crippen molar-refractivity contribution in [3.8, 4) is 0 Å². The van der Waals surface area contributed by atoms with Gasteiger partial charge in [-0.1, -0.05) is 46.3 Å². The predicted molar refractivity (Wildman–Crippen MR) is 120 cm³/mol. The van der Waals surface area contributed by atoms with Crippen LogP contribution in [0.1, 0.15) is 33.2 Å². The van der Waals surface area contributed by atoms with E-state index in [0.717, 1.165) is 23.1 Å². The second kappa shape index (κ2) is 7.50. The lowest BCUT2D eigenvalue weighted by Gasteiger charge is -2.25. The molecule has 3 N–H and O–H groups in total. The lowest BCUT2D eigenvalue weighted by atomic mass is 9.94. The van der Waals surface area contributed by atoms with Crippen molar-refractivity contribution in [1.29, 1.82) is 0 Å². The number of amides is 1. The van der Waals surface area contributed by atoms with Gasteiger partial charge in [0, 0.05) is 38.9 Å². The van der Waals surface area contributed by atoms with Crippen LogP contribution >= 0.6 is 15.9 Å². The summed E-state index contributed by atoms with van der Waals surface area (Å²) in [5.41, 5.74) is 6.42. The quantitative estimate of drug-likeness (QED) is 0.394. The van der Waals surface area contributed by atoms with Crippen LogP contribution in [0.25, 0.3) is 10.9 Å². The number of halogens is 1. The SMILES string of the molecule is O=C(Nc1ccc(C2NCCc3c2[nH]c2ccccc32)cc1)c1ccc(Br)cc1. The van der Waals surface area contributed by atoms with Crippen molar-refractivity contribution in [2.24, 2.45) is 0 Å². The first kappa shape index (κ1) is 18.2. The highest BCUT2D eigenvalue weighted by Crippen LogP contribution is 2.33. The summed E-state index contributed by atoms with van der Waals surface area (Å²) < 4.78 is 0.953. The molecule has 1 aromatic heterocycles. The number of hydrogen-bond acceptors (Lipinski definition) is 2. The van der Waals surface area contributed by atoms with Crippen molar-refractivity contribution in [2.45, 2.75) is 12.5 Å². The monoisotopic (exact) mass is 445 g/mol. The number of hydrogen-bond donors (Lipinski definition) is 3. The Morgan fingerprint density at radius 2 is 1.72 bits per heavy atom. The fourth-order valence-corrected chi connectivity index (χ4v) is 4.29. The van der Waals surface area contributed by atoms with Crippen LogP contribution in [-0.4, -0.2) is 17.4 Å². The molecule has 0 spiro atoms. The van der Waals surface area contributed by atoms with E-state index in [0.29, 0.717) is 5.56 Å². The van der Waals surface area contributed by atoms with E-state index in [-0.39, 0.29) is 11.9 Å². The van der Waals surface area contributed by atoms with Crippen LogP contribution in [0, 0.1) is 0 Å². The van der Waals surface area contributed by atoms with Crippen LogP contribution in [0.5, 0.6) is 0 Å². The van der Waals surface area contributed by atoms with Crippen LogP contribution < -0.4 is 10.6 Å². The molecule has 0 saturated carbocycles. The Morgan fingerprint density at radius 3 is 2.52 bits per heavy atom. The molecule has 5 rings (SSSR count). The highest BCUT2D eigenvalue weighted by Gasteiger charge is 2.25. The van der Waals surface area contributed by atoms with Gasteiger partial charge in [-0.15, -0.1) is 0 Å². The van der Waals surface area contributed by atoms with Crippen LogP contribution in [0.3, 0.4) is 0 Å². The van der Waals surface area contributed by atoms with E-state index in [1.807, 2.05) is 24.3 Å². The fourth-order valence-electron chi connectivity index (χ4n) is 4.03. The van der Waals surface area contributed by atoms with Crippen molar-refractivity contribution < 1.29 is 4.79 Å². The lowest BCUT2D eigenvalue weighted by molar-refractivity contribution is 0.102. The van der Waals surface area contributed by atoms with Crippen molar-refractivity contribution >= 4 is 38.4 Å². The zero-order valence-electron chi connectivity index (χ0n) is 15.7. The van der Waals surface area contributed by atoms with E-state index in [1.165, 1.54) is 27.7 Å². The Kier molecular flexibility index (Phi) is 4.70. The van der Waals surface area contributed by atoms with Gasteiger partial charge in [-0.05, 0) is 60.0 Å². The molecule has 5 heteroatoms. The van der Waals surface area contributed by atoms with Crippen LogP contribution in [0.2, 0.25) is 0 Å². The van der Waals surface area contributed by atoms with Crippen molar-refractivity contribution in [3.63, 3.8) is 0 Å². The molecule has 1 aliphatic heterocycles. The summed E-state index contributed by atoms with van der Waals surface area (Å²) in [6, 6.07) is 24.0. The third-order valence-electron chi connectivity index (χ3n) is 5.47. The first-order valence-electron chi connectivity index (χ1n) is 9.69. The molecule has 1 amide bonds. The topological polar surface area (TPSA) is 56.9 Å². The van der Waals surface area contributed by atoms with E-state index in [1.54, 1.807) is 12.1 Å². The van der Waals surface area contributed by atoms with Gasteiger partial charge in [0.1, 0.15) is 0 Å². The number of benzene rings is 3. The van der Waals surface area contributed by atoms with Gasteiger partial charge < -0.3 is 15.6 Å². The van der Waals surface area contributed by atoms with E-state index in [4.69, 9.17) is 0 Å². The molecule has 4 nitrogen and oxygen atoms in total. The van der Waals surface area contributed by atoms with Gasteiger partial charge in [-0.25, -0.2) is 0 Å². The van der Waals surface area contributed by atoms with Gasteiger partial charge in [-0.3, -0.25) is 4.79 Å². The Labute approximate surface area is 177 Å². The molecule has 0 bridgehead atoms. The molecule has 4 aromatic rings. The Hall–Kier alpha value is -2.89. The number of nitrogens with one attached hydrogen (secondary N) is 3. The summed E-state index contributed by atoms with van der Waals surface area (Å²) in [5, 5.41) is 7.90. The number of aromatic nitrogens is 1. The smallest absolute Gasteiger partial charge is 0.255 e. The first-order valence-corrected chi connectivity index (χ1v) is 10.5. The summed E-state index contributed by atoms with van der Waals surface area (Å²) in [5.74, 6) is -0.112. The molecule has 1 atom stereocenters. The van der Waals surface area contributed by atoms with Gasteiger partial charge in [0.2, 0.25) is 0 Å². The van der Waals surface area contributed by atoms with Gasteiger partial charge in [0.25, 0.3) is 5.91 Å². The first-order chi connectivity index (χ1) is 14.2. The second-order valence-corrected chi connectivity index (χ2v) is 8.20. The zero-order chi connectivity index (χ0) is 19.8. The predicted octanol–water partition coefficient (Wildman–Crippen LogP) is 5.42. The number of carbonyl (C=O) groups excluding carboxylic acids is 1. The average Bonchev–Trinajstić information content (AvgIpc) is 3.14. The highest BCUT2D eigenvalue weighted by atomic mass is 79.9. The number of carbonyl (C=O) groups is 1. The van der Waals surface area contributed by atoms with Crippen LogP contribution in [-0.2, 0) is 6.42 Å². The molecule has 3 aromatic carbocycles. The van der Waals surface area contributed by atoms with Gasteiger partial charge in [-0.2, -0.15) is 0 Å². The number of anilines is 1. The van der Waals surface area contributed by atoms with E-state index in [9.17, 15) is 4.79 Å². The summed E-state index contributed by atoms with van der Waals surface area (Å²) in [7, 11) is 0. The van der Waals surface area contributed by atoms with Gasteiger partial charge in [0.05, 0.1) is 6.04 Å². The third-order valence-corrected chi connectivity index (χ3v) is 6.00. The van der Waals surface area contributed by atoms with Crippen LogP contribution in [0.4, 0.5) is 5.69 Å². The van der Waals surface area contributed by atoms with Crippen molar-refractivity contribution in [1.82, 2.24) is 10.3 Å². The molecule has 0 aliphatic carbocycles. The standard InChI is InChI=1S/C24H20BrN3O/c25-17-9-5-16(6-10-17)24(29)27-18-11-7-15(8-12-18)22-23-20(13-14-26-22)19-3-1-2-4-21(19)28-23/h1-12,22,26,28H,13-14H2,(H,27,29). The molecule has 2 heterocycles. The average molecular weight is 446 g/mol. The Bertz CT molecular complexity index is 1180. The third kappa shape index (κ3) is 3.48. The molecule has 144 valence electrons. The Balaban J connectivity index is 1.38. The van der Waals surface area contributed by atoms with Gasteiger partial charge in [0.15, 0.2) is 0 Å². The molecule has 0 radical (unpaired) electrons. The summed E-state index contributed by atoms with van der Waals surface area (Å²) in [4.78, 5) is 16.0. The van der Waals surface area contributed by atoms with Crippen molar-refractivity contribution in [2.75, 3.05) is 11.9 Å². The summed E-state index contributed by atoms with van der Waals surface area (Å²) in [6.45, 7) is 0.946. The maximum absolute atomic E-state index is 12.4. The molecule has 29 heavy (non-hydrogen) atoms. The van der Waals surface area contributed by atoms with E-state index >= 15 is 0 Å². The van der Waals surface area contributed by atoms with Gasteiger partial charge >= 0.3 is 0 Å². The normalized spacial score (nSPS) is 15.8. The number of fused-ring (bicyclic) bond motifs is 3. The minimum atomic E-state index is -0.112.